The average Bonchev–Trinajstić information content (AvgIpc) is 2.62. The van der Waals surface area contributed by atoms with Crippen LogP contribution in [0.15, 0.2) is 0 Å². The van der Waals surface area contributed by atoms with Crippen molar-refractivity contribution in [3.8, 4) is 0 Å². The van der Waals surface area contributed by atoms with Crippen LogP contribution in [0.2, 0.25) is 0 Å². The van der Waals surface area contributed by atoms with Crippen molar-refractivity contribution in [3.05, 3.63) is 0 Å². The molecular formula is C8H26O11Si4. The molecule has 0 bridgehead atoms. The maximum atomic E-state index is 5.78. The van der Waals surface area contributed by atoms with E-state index in [0.717, 1.165) is 0 Å². The lowest BCUT2D eigenvalue weighted by Crippen LogP contribution is -2.66. The van der Waals surface area contributed by atoms with Crippen LogP contribution in [0.1, 0.15) is 0 Å². The highest BCUT2D eigenvalue weighted by Crippen LogP contribution is 2.24. The molecule has 0 unspecified atom stereocenters. The largest absolute Gasteiger partial charge is 0.673 e. The first-order chi connectivity index (χ1) is 10.9. The summed E-state index contributed by atoms with van der Waals surface area (Å²) in [6.07, 6.45) is 0. The number of hydrogen-bond donors (Lipinski definition) is 0. The summed E-state index contributed by atoms with van der Waals surface area (Å²) in [6.45, 7) is 0. The molecule has 0 aliphatic rings. The van der Waals surface area contributed by atoms with Gasteiger partial charge < -0.3 is 47.8 Å². The molecule has 11 nitrogen and oxygen atoms in total. The molecule has 0 spiro atoms. The molecule has 0 amide bonds. The highest BCUT2D eigenvalue weighted by atomic mass is 28.5. The maximum Gasteiger partial charge on any atom is 0.673 e. The van der Waals surface area contributed by atoms with Gasteiger partial charge in [-0.2, -0.15) is 0 Å². The van der Waals surface area contributed by atoms with Crippen LogP contribution in [0.3, 0.4) is 0 Å². The van der Waals surface area contributed by atoms with Crippen LogP contribution in [0.4, 0.5) is 0 Å². The Morgan fingerprint density at radius 1 is 0.478 bits per heavy atom. The summed E-state index contributed by atoms with van der Waals surface area (Å²) in [5, 5.41) is 0. The van der Waals surface area contributed by atoms with Crippen molar-refractivity contribution in [2.24, 2.45) is 0 Å². The fraction of sp³-hybridized carbons (Fsp3) is 1.00. The van der Waals surface area contributed by atoms with E-state index in [1.807, 2.05) is 0 Å². The van der Waals surface area contributed by atoms with Crippen LogP contribution in [0.5, 0.6) is 0 Å². The van der Waals surface area contributed by atoms with Gasteiger partial charge in [-0.3, -0.25) is 0 Å². The summed E-state index contributed by atoms with van der Waals surface area (Å²) >= 11 is 0. The van der Waals surface area contributed by atoms with E-state index in [9.17, 15) is 0 Å². The van der Waals surface area contributed by atoms with Gasteiger partial charge in [-0.25, -0.2) is 0 Å². The van der Waals surface area contributed by atoms with Crippen LogP contribution in [-0.4, -0.2) is 94.0 Å². The van der Waals surface area contributed by atoms with Crippen LogP contribution in [0.25, 0.3) is 0 Å². The van der Waals surface area contributed by atoms with Gasteiger partial charge in [0, 0.05) is 56.9 Å². The van der Waals surface area contributed by atoms with Gasteiger partial charge in [0.2, 0.25) is 0 Å². The highest BCUT2D eigenvalue weighted by molar-refractivity contribution is 6.75. The standard InChI is InChI=1S/C8H26O11Si4/c1-9-20-17-22(13-5,14-6)19-23(15-7,16-8)18-21(10-2,11-3)12-4/h20H2,1-8H3. The van der Waals surface area contributed by atoms with Crippen LogP contribution in [0, 0.1) is 0 Å². The molecule has 0 heterocycles. The first-order valence-electron chi connectivity index (χ1n) is 6.29. The van der Waals surface area contributed by atoms with E-state index in [-0.39, 0.29) is 0 Å². The van der Waals surface area contributed by atoms with E-state index in [2.05, 4.69) is 0 Å². The molecule has 140 valence electrons. The molecule has 0 rings (SSSR count). The molecule has 0 fully saturated rings. The SMILES string of the molecule is CO[SiH2]O[Si](OC)(OC)O[Si](OC)(OC)O[Si](OC)(OC)OC. The van der Waals surface area contributed by atoms with Gasteiger partial charge in [-0.1, -0.05) is 0 Å². The zero-order valence-electron chi connectivity index (χ0n) is 14.7. The highest BCUT2D eigenvalue weighted by Gasteiger charge is 2.63. The van der Waals surface area contributed by atoms with Crippen molar-refractivity contribution in [1.82, 2.24) is 0 Å². The summed E-state index contributed by atoms with van der Waals surface area (Å²) in [4.78, 5) is 0. The molecule has 0 radical (unpaired) electrons. The Bertz CT molecular complexity index is 302. The Morgan fingerprint density at radius 2 is 0.826 bits per heavy atom. The molecule has 0 aliphatic heterocycles. The second-order valence-electron chi connectivity index (χ2n) is 3.68. The zero-order valence-corrected chi connectivity index (χ0v) is 19.1. The fourth-order valence-electron chi connectivity index (χ4n) is 1.40. The van der Waals surface area contributed by atoms with Crippen LogP contribution in [-0.2, 0) is 47.8 Å². The predicted molar refractivity (Wildman–Crippen MR) is 85.1 cm³/mol. The molecule has 0 saturated heterocycles. The number of rotatable bonds is 14. The minimum absolute atomic E-state index is 1.34. The molecule has 0 N–H and O–H groups in total. The molecule has 0 aromatic heterocycles. The van der Waals surface area contributed by atoms with E-state index in [1.165, 1.54) is 56.9 Å². The third-order valence-electron chi connectivity index (χ3n) is 2.60. The van der Waals surface area contributed by atoms with E-state index < -0.39 is 37.2 Å². The van der Waals surface area contributed by atoms with Crippen molar-refractivity contribution >= 4 is 37.2 Å². The topological polar surface area (TPSA) is 102 Å². The molecule has 0 aromatic carbocycles. The van der Waals surface area contributed by atoms with Gasteiger partial charge >= 0.3 is 27.1 Å². The van der Waals surface area contributed by atoms with Crippen molar-refractivity contribution in [2.45, 2.75) is 0 Å². The lowest BCUT2D eigenvalue weighted by atomic mass is 11.8. The maximum absolute atomic E-state index is 5.78. The van der Waals surface area contributed by atoms with Gasteiger partial charge in [0.15, 0.2) is 0 Å². The zero-order chi connectivity index (χ0) is 18.0. The molecule has 0 aliphatic carbocycles. The Hall–Kier alpha value is 0.428. The summed E-state index contributed by atoms with van der Waals surface area (Å²) in [6, 6.07) is 0. The van der Waals surface area contributed by atoms with Crippen molar-refractivity contribution in [3.63, 3.8) is 0 Å². The minimum atomic E-state index is -3.83. The van der Waals surface area contributed by atoms with E-state index in [0.29, 0.717) is 0 Å². The van der Waals surface area contributed by atoms with Gasteiger partial charge in [0.05, 0.1) is 0 Å². The van der Waals surface area contributed by atoms with Crippen molar-refractivity contribution in [2.75, 3.05) is 56.9 Å². The van der Waals surface area contributed by atoms with E-state index >= 15 is 0 Å². The lowest BCUT2D eigenvalue weighted by molar-refractivity contribution is -0.0397. The molecule has 0 atom stereocenters. The Morgan fingerprint density at radius 3 is 1.13 bits per heavy atom. The first-order valence-corrected chi connectivity index (χ1v) is 12.3. The molecule has 15 heteroatoms. The minimum Gasteiger partial charge on any atom is -0.403 e. The van der Waals surface area contributed by atoms with Crippen LogP contribution >= 0.6 is 0 Å². The molecule has 0 aromatic rings. The number of hydrogen-bond acceptors (Lipinski definition) is 11. The summed E-state index contributed by atoms with van der Waals surface area (Å²) in [7, 11) is -1.30. The molecule has 0 saturated carbocycles. The Balaban J connectivity index is 5.48. The fourth-order valence-corrected chi connectivity index (χ4v) is 11.0. The van der Waals surface area contributed by atoms with Gasteiger partial charge in [0.1, 0.15) is 0 Å². The van der Waals surface area contributed by atoms with Crippen molar-refractivity contribution in [1.29, 1.82) is 0 Å². The van der Waals surface area contributed by atoms with Crippen LogP contribution < -0.4 is 0 Å². The second kappa shape index (κ2) is 11.1. The Labute approximate surface area is 142 Å². The van der Waals surface area contributed by atoms with Gasteiger partial charge in [-0.05, 0) is 0 Å². The quantitative estimate of drug-likeness (QED) is 0.313. The summed E-state index contributed by atoms with van der Waals surface area (Å²) < 4.78 is 58.8. The smallest absolute Gasteiger partial charge is 0.403 e. The molecule has 23 heavy (non-hydrogen) atoms. The third-order valence-corrected chi connectivity index (χ3v) is 12.2. The third kappa shape index (κ3) is 6.34. The van der Waals surface area contributed by atoms with E-state index in [4.69, 9.17) is 47.8 Å². The van der Waals surface area contributed by atoms with Crippen molar-refractivity contribution < 1.29 is 47.8 Å². The molecular weight excluding hydrogens is 384 g/mol. The Kier molecular flexibility index (Phi) is 11.3. The normalized spacial score (nSPS) is 14.1. The first kappa shape index (κ1) is 23.4. The van der Waals surface area contributed by atoms with Gasteiger partial charge in [-0.15, -0.1) is 0 Å². The summed E-state index contributed by atoms with van der Waals surface area (Å²) in [5.41, 5.74) is 0. The second-order valence-corrected chi connectivity index (χ2v) is 13.1. The van der Waals surface area contributed by atoms with Gasteiger partial charge in [0.25, 0.3) is 10.0 Å². The van der Waals surface area contributed by atoms with E-state index in [1.54, 1.807) is 0 Å². The average molecular weight is 411 g/mol. The summed E-state index contributed by atoms with van der Waals surface area (Å²) in [5.74, 6) is 0. The monoisotopic (exact) mass is 410 g/mol. The lowest BCUT2D eigenvalue weighted by Gasteiger charge is -2.36. The predicted octanol–water partition coefficient (Wildman–Crippen LogP) is -1.49.